The molecular formula is C16H23NO3. The van der Waals surface area contributed by atoms with Crippen LogP contribution in [0.25, 0.3) is 0 Å². The van der Waals surface area contributed by atoms with Crippen LogP contribution in [0.3, 0.4) is 0 Å². The number of methoxy groups -OCH3 is 2. The van der Waals surface area contributed by atoms with E-state index in [1.54, 1.807) is 7.11 Å². The second kappa shape index (κ2) is 5.35. The van der Waals surface area contributed by atoms with Gasteiger partial charge in [-0.25, -0.2) is 0 Å². The monoisotopic (exact) mass is 277 g/mol. The molecule has 0 aromatic heterocycles. The van der Waals surface area contributed by atoms with Crippen LogP contribution < -0.4 is 9.64 Å². The number of carbonyl (C=O) groups is 1. The lowest BCUT2D eigenvalue weighted by Gasteiger charge is -2.47. The van der Waals surface area contributed by atoms with E-state index in [2.05, 4.69) is 31.7 Å². The molecule has 4 nitrogen and oxygen atoms in total. The SMILES string of the molecule is COC(=O)CN1c2ccc(OC)cc2[C@@H](C)CC1(C)C. The van der Waals surface area contributed by atoms with E-state index in [0.717, 1.165) is 17.9 Å². The number of rotatable bonds is 3. The number of carbonyl (C=O) groups excluding carboxylic acids is 1. The molecule has 0 fully saturated rings. The highest BCUT2D eigenvalue weighted by Crippen LogP contribution is 2.44. The minimum atomic E-state index is -0.214. The number of hydrogen-bond acceptors (Lipinski definition) is 4. The van der Waals surface area contributed by atoms with E-state index in [1.807, 2.05) is 12.1 Å². The zero-order valence-corrected chi connectivity index (χ0v) is 12.9. The average Bonchev–Trinajstić information content (AvgIpc) is 2.42. The average molecular weight is 277 g/mol. The molecule has 0 radical (unpaired) electrons. The van der Waals surface area contributed by atoms with Gasteiger partial charge in [-0.2, -0.15) is 0 Å². The van der Waals surface area contributed by atoms with E-state index in [1.165, 1.54) is 12.7 Å². The Bertz CT molecular complexity index is 510. The van der Waals surface area contributed by atoms with Gasteiger partial charge in [-0.1, -0.05) is 6.92 Å². The zero-order valence-electron chi connectivity index (χ0n) is 12.9. The highest BCUT2D eigenvalue weighted by Gasteiger charge is 2.37. The topological polar surface area (TPSA) is 38.8 Å². The van der Waals surface area contributed by atoms with Gasteiger partial charge in [-0.05, 0) is 49.9 Å². The summed E-state index contributed by atoms with van der Waals surface area (Å²) in [6.07, 6.45) is 0.990. The Morgan fingerprint density at radius 2 is 2.10 bits per heavy atom. The van der Waals surface area contributed by atoms with Gasteiger partial charge >= 0.3 is 5.97 Å². The van der Waals surface area contributed by atoms with Crippen molar-refractivity contribution in [3.05, 3.63) is 23.8 Å². The predicted octanol–water partition coefficient (Wildman–Crippen LogP) is 2.96. The summed E-state index contributed by atoms with van der Waals surface area (Å²) < 4.78 is 10.1. The van der Waals surface area contributed by atoms with Crippen molar-refractivity contribution < 1.29 is 14.3 Å². The summed E-state index contributed by atoms with van der Waals surface area (Å²) in [5.74, 6) is 1.08. The number of nitrogens with zero attached hydrogens (tertiary/aromatic N) is 1. The second-order valence-electron chi connectivity index (χ2n) is 6.00. The molecule has 0 saturated carbocycles. The standard InChI is InChI=1S/C16H23NO3/c1-11-9-16(2,3)17(10-15(18)20-5)14-7-6-12(19-4)8-13(11)14/h6-8,11H,9-10H2,1-5H3/t11-/m0/s1. The highest BCUT2D eigenvalue weighted by atomic mass is 16.5. The van der Waals surface area contributed by atoms with Crippen molar-refractivity contribution in [2.45, 2.75) is 38.6 Å². The number of ether oxygens (including phenoxy) is 2. The van der Waals surface area contributed by atoms with Gasteiger partial charge in [0.1, 0.15) is 12.3 Å². The molecule has 110 valence electrons. The lowest BCUT2D eigenvalue weighted by molar-refractivity contribution is -0.139. The minimum Gasteiger partial charge on any atom is -0.497 e. The van der Waals surface area contributed by atoms with Gasteiger partial charge in [0.05, 0.1) is 14.2 Å². The Kier molecular flexibility index (Phi) is 3.93. The first-order chi connectivity index (χ1) is 9.39. The van der Waals surface area contributed by atoms with E-state index in [-0.39, 0.29) is 18.1 Å². The molecule has 0 unspecified atom stereocenters. The lowest BCUT2D eigenvalue weighted by atomic mass is 9.80. The van der Waals surface area contributed by atoms with Crippen molar-refractivity contribution in [3.63, 3.8) is 0 Å². The molecule has 0 bridgehead atoms. The van der Waals surface area contributed by atoms with Crippen LogP contribution >= 0.6 is 0 Å². The van der Waals surface area contributed by atoms with Crippen LogP contribution in [0.2, 0.25) is 0 Å². The van der Waals surface area contributed by atoms with Gasteiger partial charge in [0, 0.05) is 11.2 Å². The molecule has 1 heterocycles. The molecule has 1 aliphatic rings. The smallest absolute Gasteiger partial charge is 0.325 e. The molecule has 1 aromatic carbocycles. The summed E-state index contributed by atoms with van der Waals surface area (Å²) in [6.45, 7) is 6.82. The van der Waals surface area contributed by atoms with Crippen molar-refractivity contribution in [1.29, 1.82) is 0 Å². The molecule has 0 spiro atoms. The van der Waals surface area contributed by atoms with Crippen molar-refractivity contribution in [3.8, 4) is 5.75 Å². The second-order valence-corrected chi connectivity index (χ2v) is 6.00. The molecule has 20 heavy (non-hydrogen) atoms. The predicted molar refractivity (Wildman–Crippen MR) is 79.5 cm³/mol. The van der Waals surface area contributed by atoms with Crippen molar-refractivity contribution >= 4 is 11.7 Å². The van der Waals surface area contributed by atoms with Crippen LogP contribution in [0, 0.1) is 0 Å². The van der Waals surface area contributed by atoms with Gasteiger partial charge in [-0.3, -0.25) is 4.79 Å². The van der Waals surface area contributed by atoms with E-state index in [9.17, 15) is 4.79 Å². The third-order valence-electron chi connectivity index (χ3n) is 4.11. The first-order valence-corrected chi connectivity index (χ1v) is 6.91. The van der Waals surface area contributed by atoms with Crippen LogP contribution in [0.1, 0.15) is 38.7 Å². The van der Waals surface area contributed by atoms with E-state index >= 15 is 0 Å². The van der Waals surface area contributed by atoms with Crippen LogP contribution in [0.4, 0.5) is 5.69 Å². The Morgan fingerprint density at radius 3 is 2.70 bits per heavy atom. The fraction of sp³-hybridized carbons (Fsp3) is 0.562. The molecule has 4 heteroatoms. The normalized spacial score (nSPS) is 20.2. The number of hydrogen-bond donors (Lipinski definition) is 0. The van der Waals surface area contributed by atoms with Gasteiger partial charge < -0.3 is 14.4 Å². The number of benzene rings is 1. The molecule has 2 rings (SSSR count). The zero-order chi connectivity index (χ0) is 14.9. The quantitative estimate of drug-likeness (QED) is 0.796. The maximum atomic E-state index is 11.7. The summed E-state index contributed by atoms with van der Waals surface area (Å²) in [4.78, 5) is 13.8. The molecule has 0 aliphatic carbocycles. The van der Waals surface area contributed by atoms with Crippen LogP contribution in [-0.2, 0) is 9.53 Å². The molecule has 0 N–H and O–H groups in total. The highest BCUT2D eigenvalue weighted by molar-refractivity contribution is 5.77. The first-order valence-electron chi connectivity index (χ1n) is 6.91. The number of anilines is 1. The number of esters is 1. The summed E-state index contributed by atoms with van der Waals surface area (Å²) in [5, 5.41) is 0. The number of fused-ring (bicyclic) bond motifs is 1. The lowest BCUT2D eigenvalue weighted by Crippen LogP contribution is -2.50. The molecule has 1 atom stereocenters. The van der Waals surface area contributed by atoms with Crippen LogP contribution in [0.15, 0.2) is 18.2 Å². The molecular weight excluding hydrogens is 254 g/mol. The van der Waals surface area contributed by atoms with E-state index < -0.39 is 0 Å². The molecule has 1 aromatic rings. The third kappa shape index (κ3) is 2.60. The molecule has 0 amide bonds. The Hall–Kier alpha value is -1.71. The van der Waals surface area contributed by atoms with E-state index in [4.69, 9.17) is 9.47 Å². The summed E-state index contributed by atoms with van der Waals surface area (Å²) in [7, 11) is 3.10. The largest absolute Gasteiger partial charge is 0.497 e. The summed E-state index contributed by atoms with van der Waals surface area (Å²) in [5.41, 5.74) is 2.25. The maximum Gasteiger partial charge on any atom is 0.325 e. The van der Waals surface area contributed by atoms with Gasteiger partial charge in [0.15, 0.2) is 0 Å². The van der Waals surface area contributed by atoms with E-state index in [0.29, 0.717) is 5.92 Å². The fourth-order valence-corrected chi connectivity index (χ4v) is 3.09. The first kappa shape index (κ1) is 14.7. The summed E-state index contributed by atoms with van der Waals surface area (Å²) >= 11 is 0. The van der Waals surface area contributed by atoms with Crippen molar-refractivity contribution in [2.24, 2.45) is 0 Å². The van der Waals surface area contributed by atoms with Crippen molar-refractivity contribution in [2.75, 3.05) is 25.7 Å². The Morgan fingerprint density at radius 1 is 1.40 bits per heavy atom. The Labute approximate surface area is 120 Å². The van der Waals surface area contributed by atoms with Gasteiger partial charge in [0.2, 0.25) is 0 Å². The summed E-state index contributed by atoms with van der Waals surface area (Å²) in [6, 6.07) is 6.05. The molecule has 1 aliphatic heterocycles. The minimum absolute atomic E-state index is 0.0742. The van der Waals surface area contributed by atoms with Crippen LogP contribution in [0.5, 0.6) is 5.75 Å². The fourth-order valence-electron chi connectivity index (χ4n) is 3.09. The van der Waals surface area contributed by atoms with Crippen molar-refractivity contribution in [1.82, 2.24) is 0 Å². The molecule has 0 saturated heterocycles. The van der Waals surface area contributed by atoms with Gasteiger partial charge in [-0.15, -0.1) is 0 Å². The van der Waals surface area contributed by atoms with Gasteiger partial charge in [0.25, 0.3) is 0 Å². The third-order valence-corrected chi connectivity index (χ3v) is 4.11. The Balaban J connectivity index is 2.45. The van der Waals surface area contributed by atoms with Crippen LogP contribution in [-0.4, -0.2) is 32.3 Å². The maximum absolute atomic E-state index is 11.7.